The standard InChI is InChI=1S/C12H21NO3/c1-4-16-12(14)11(9-13)6-8-15-7-5-10(2)3/h10-11H,4-8H2,1-3H3. The zero-order chi connectivity index (χ0) is 12.4. The minimum atomic E-state index is -0.695. The average Bonchev–Trinajstić information content (AvgIpc) is 2.23. The first kappa shape index (κ1) is 14.9. The van der Waals surface area contributed by atoms with Crippen LogP contribution in [0.4, 0.5) is 0 Å². The summed E-state index contributed by atoms with van der Waals surface area (Å²) in [5.41, 5.74) is 0. The Morgan fingerprint density at radius 2 is 1.94 bits per heavy atom. The lowest BCUT2D eigenvalue weighted by Gasteiger charge is -2.09. The Morgan fingerprint density at radius 1 is 1.31 bits per heavy atom. The van der Waals surface area contributed by atoms with E-state index in [1.165, 1.54) is 0 Å². The molecule has 92 valence electrons. The van der Waals surface area contributed by atoms with E-state index in [9.17, 15) is 4.79 Å². The molecule has 0 heterocycles. The summed E-state index contributed by atoms with van der Waals surface area (Å²) >= 11 is 0. The summed E-state index contributed by atoms with van der Waals surface area (Å²) in [6.07, 6.45) is 1.41. The molecule has 4 heteroatoms. The molecule has 4 nitrogen and oxygen atoms in total. The molecule has 0 saturated heterocycles. The van der Waals surface area contributed by atoms with Crippen molar-refractivity contribution in [2.24, 2.45) is 11.8 Å². The van der Waals surface area contributed by atoms with Crippen molar-refractivity contribution in [3.05, 3.63) is 0 Å². The molecular weight excluding hydrogens is 206 g/mol. The molecule has 0 bridgehead atoms. The molecule has 0 aliphatic carbocycles. The molecule has 1 atom stereocenters. The summed E-state index contributed by atoms with van der Waals surface area (Å²) in [6, 6.07) is 1.93. The first-order valence-electron chi connectivity index (χ1n) is 5.75. The summed E-state index contributed by atoms with van der Waals surface area (Å²) in [7, 11) is 0. The van der Waals surface area contributed by atoms with Crippen LogP contribution in [-0.4, -0.2) is 25.8 Å². The second-order valence-corrected chi connectivity index (χ2v) is 4.02. The normalized spacial score (nSPS) is 12.2. The maximum Gasteiger partial charge on any atom is 0.323 e. The van der Waals surface area contributed by atoms with Crippen LogP contribution in [0.5, 0.6) is 0 Å². The molecule has 0 N–H and O–H groups in total. The van der Waals surface area contributed by atoms with Crippen molar-refractivity contribution in [2.75, 3.05) is 19.8 Å². The van der Waals surface area contributed by atoms with Crippen LogP contribution in [-0.2, 0) is 14.3 Å². The van der Waals surface area contributed by atoms with Crippen molar-refractivity contribution in [1.82, 2.24) is 0 Å². The van der Waals surface area contributed by atoms with Gasteiger partial charge in [0.25, 0.3) is 0 Å². The van der Waals surface area contributed by atoms with Crippen LogP contribution in [0.2, 0.25) is 0 Å². The Balaban J connectivity index is 3.64. The molecule has 0 radical (unpaired) electrons. The molecule has 0 aliphatic heterocycles. The van der Waals surface area contributed by atoms with Gasteiger partial charge in [-0.2, -0.15) is 5.26 Å². The van der Waals surface area contributed by atoms with Crippen LogP contribution in [0.25, 0.3) is 0 Å². The third-order valence-electron chi connectivity index (χ3n) is 2.12. The third kappa shape index (κ3) is 7.24. The lowest BCUT2D eigenvalue weighted by Crippen LogP contribution is -2.18. The van der Waals surface area contributed by atoms with E-state index in [-0.39, 0.29) is 0 Å². The fourth-order valence-electron chi connectivity index (χ4n) is 1.10. The number of nitriles is 1. The van der Waals surface area contributed by atoms with Gasteiger partial charge >= 0.3 is 5.97 Å². The molecule has 0 saturated carbocycles. The molecule has 0 spiro atoms. The fourth-order valence-corrected chi connectivity index (χ4v) is 1.10. The Labute approximate surface area is 97.5 Å². The number of rotatable bonds is 8. The van der Waals surface area contributed by atoms with Crippen molar-refractivity contribution in [3.8, 4) is 6.07 Å². The first-order chi connectivity index (χ1) is 7.61. The average molecular weight is 227 g/mol. The zero-order valence-electron chi connectivity index (χ0n) is 10.4. The maximum absolute atomic E-state index is 11.2. The van der Waals surface area contributed by atoms with Gasteiger partial charge in [0.2, 0.25) is 0 Å². The Morgan fingerprint density at radius 3 is 2.44 bits per heavy atom. The van der Waals surface area contributed by atoms with Gasteiger partial charge in [0.1, 0.15) is 5.92 Å². The van der Waals surface area contributed by atoms with Crippen molar-refractivity contribution < 1.29 is 14.3 Å². The molecule has 0 aliphatic rings. The van der Waals surface area contributed by atoms with Crippen molar-refractivity contribution in [2.45, 2.75) is 33.6 Å². The van der Waals surface area contributed by atoms with Crippen LogP contribution in [0.15, 0.2) is 0 Å². The number of ether oxygens (including phenoxy) is 2. The highest BCUT2D eigenvalue weighted by atomic mass is 16.5. The summed E-state index contributed by atoms with van der Waals surface area (Å²) in [5.74, 6) is -0.534. The molecule has 0 fully saturated rings. The smallest absolute Gasteiger partial charge is 0.323 e. The van der Waals surface area contributed by atoms with E-state index in [0.29, 0.717) is 32.2 Å². The minimum Gasteiger partial charge on any atom is -0.465 e. The van der Waals surface area contributed by atoms with Gasteiger partial charge in [-0.25, -0.2) is 0 Å². The topological polar surface area (TPSA) is 59.3 Å². The second kappa shape index (κ2) is 9.17. The highest BCUT2D eigenvalue weighted by molar-refractivity contribution is 5.75. The number of carbonyl (C=O) groups excluding carboxylic acids is 1. The van der Waals surface area contributed by atoms with E-state index in [1.54, 1.807) is 6.92 Å². The van der Waals surface area contributed by atoms with Gasteiger partial charge in [-0.15, -0.1) is 0 Å². The van der Waals surface area contributed by atoms with Gasteiger partial charge in [0, 0.05) is 13.2 Å². The third-order valence-corrected chi connectivity index (χ3v) is 2.12. The SMILES string of the molecule is CCOC(=O)C(C#N)CCOCCC(C)C. The molecule has 0 aromatic carbocycles. The Kier molecular flexibility index (Phi) is 8.55. The van der Waals surface area contributed by atoms with Crippen molar-refractivity contribution in [3.63, 3.8) is 0 Å². The summed E-state index contributed by atoms with van der Waals surface area (Å²) in [6.45, 7) is 7.40. The van der Waals surface area contributed by atoms with Gasteiger partial charge in [-0.3, -0.25) is 4.79 Å². The predicted molar refractivity (Wildman–Crippen MR) is 60.6 cm³/mol. The molecular formula is C12H21NO3. The van der Waals surface area contributed by atoms with Gasteiger partial charge in [0.15, 0.2) is 0 Å². The monoisotopic (exact) mass is 227 g/mol. The maximum atomic E-state index is 11.2. The quantitative estimate of drug-likeness (QED) is 0.471. The van der Waals surface area contributed by atoms with Crippen molar-refractivity contribution >= 4 is 5.97 Å². The van der Waals surface area contributed by atoms with E-state index in [2.05, 4.69) is 13.8 Å². The van der Waals surface area contributed by atoms with Gasteiger partial charge in [0.05, 0.1) is 12.7 Å². The molecule has 0 aromatic rings. The van der Waals surface area contributed by atoms with E-state index in [4.69, 9.17) is 14.7 Å². The van der Waals surface area contributed by atoms with Crippen LogP contribution in [0, 0.1) is 23.2 Å². The van der Waals surface area contributed by atoms with Gasteiger partial charge in [-0.1, -0.05) is 13.8 Å². The van der Waals surface area contributed by atoms with E-state index in [1.807, 2.05) is 6.07 Å². The van der Waals surface area contributed by atoms with E-state index >= 15 is 0 Å². The molecule has 0 aromatic heterocycles. The highest BCUT2D eigenvalue weighted by Gasteiger charge is 2.18. The van der Waals surface area contributed by atoms with E-state index < -0.39 is 11.9 Å². The second-order valence-electron chi connectivity index (χ2n) is 4.02. The first-order valence-corrected chi connectivity index (χ1v) is 5.75. The fraction of sp³-hybridized carbons (Fsp3) is 0.833. The largest absolute Gasteiger partial charge is 0.465 e. The lowest BCUT2D eigenvalue weighted by atomic mass is 10.1. The van der Waals surface area contributed by atoms with Crippen LogP contribution >= 0.6 is 0 Å². The zero-order valence-corrected chi connectivity index (χ0v) is 10.4. The summed E-state index contributed by atoms with van der Waals surface area (Å²) < 4.78 is 10.1. The van der Waals surface area contributed by atoms with E-state index in [0.717, 1.165) is 6.42 Å². The minimum absolute atomic E-state index is 0.311. The predicted octanol–water partition coefficient (Wildman–Crippen LogP) is 2.14. The molecule has 16 heavy (non-hydrogen) atoms. The van der Waals surface area contributed by atoms with Gasteiger partial charge in [-0.05, 0) is 25.7 Å². The number of carbonyl (C=O) groups is 1. The van der Waals surface area contributed by atoms with Crippen LogP contribution in [0.3, 0.4) is 0 Å². The molecule has 0 rings (SSSR count). The lowest BCUT2D eigenvalue weighted by molar-refractivity contribution is -0.146. The Hall–Kier alpha value is -1.08. The van der Waals surface area contributed by atoms with Crippen LogP contribution < -0.4 is 0 Å². The summed E-state index contributed by atoms with van der Waals surface area (Å²) in [5, 5.41) is 8.76. The number of nitrogens with zero attached hydrogens (tertiary/aromatic N) is 1. The van der Waals surface area contributed by atoms with Crippen LogP contribution in [0.1, 0.15) is 33.6 Å². The highest BCUT2D eigenvalue weighted by Crippen LogP contribution is 2.06. The molecule has 0 amide bonds. The van der Waals surface area contributed by atoms with Gasteiger partial charge < -0.3 is 9.47 Å². The molecule has 1 unspecified atom stereocenters. The summed E-state index contributed by atoms with van der Waals surface area (Å²) in [4.78, 5) is 11.2. The number of esters is 1. The Bertz CT molecular complexity index is 233. The number of hydrogen-bond acceptors (Lipinski definition) is 4. The van der Waals surface area contributed by atoms with Crippen molar-refractivity contribution in [1.29, 1.82) is 5.26 Å². The number of hydrogen-bond donors (Lipinski definition) is 0.